The highest BCUT2D eigenvalue weighted by Crippen LogP contribution is 2.31. The number of nitriles is 1. The van der Waals surface area contributed by atoms with Crippen molar-refractivity contribution >= 4 is 23.0 Å². The molecule has 2 aromatic carbocycles. The van der Waals surface area contributed by atoms with E-state index in [-0.39, 0.29) is 11.7 Å². The van der Waals surface area contributed by atoms with Gasteiger partial charge in [0.15, 0.2) is 0 Å². The molecule has 0 heterocycles. The number of rotatable bonds is 4. The van der Waals surface area contributed by atoms with E-state index >= 15 is 0 Å². The second kappa shape index (κ2) is 6.25. The summed E-state index contributed by atoms with van der Waals surface area (Å²) >= 11 is 6.12. The van der Waals surface area contributed by atoms with E-state index in [0.29, 0.717) is 16.3 Å². The van der Waals surface area contributed by atoms with Crippen LogP contribution in [0.5, 0.6) is 0 Å². The molecule has 106 valence electrons. The molecule has 0 aliphatic rings. The smallest absolute Gasteiger partial charge is 0.292 e. The van der Waals surface area contributed by atoms with Crippen molar-refractivity contribution in [2.75, 3.05) is 5.32 Å². The number of nitro groups is 1. The van der Waals surface area contributed by atoms with Crippen LogP contribution < -0.4 is 5.32 Å². The van der Waals surface area contributed by atoms with Gasteiger partial charge in [0.1, 0.15) is 5.69 Å². The maximum Gasteiger partial charge on any atom is 0.292 e. The van der Waals surface area contributed by atoms with Gasteiger partial charge >= 0.3 is 0 Å². The van der Waals surface area contributed by atoms with Gasteiger partial charge in [0.25, 0.3) is 5.69 Å². The average Bonchev–Trinajstić information content (AvgIpc) is 2.47. The second-order valence-corrected chi connectivity index (χ2v) is 4.90. The van der Waals surface area contributed by atoms with Crippen molar-refractivity contribution < 1.29 is 4.92 Å². The van der Waals surface area contributed by atoms with Gasteiger partial charge in [-0.3, -0.25) is 10.1 Å². The third-order valence-electron chi connectivity index (χ3n) is 3.07. The highest BCUT2D eigenvalue weighted by atomic mass is 35.5. The molecule has 0 radical (unpaired) electrons. The van der Waals surface area contributed by atoms with E-state index in [1.54, 1.807) is 6.07 Å². The zero-order valence-corrected chi connectivity index (χ0v) is 12.0. The Kier molecular flexibility index (Phi) is 4.41. The van der Waals surface area contributed by atoms with Gasteiger partial charge in [-0.05, 0) is 30.7 Å². The Morgan fingerprint density at radius 2 is 2.05 bits per heavy atom. The van der Waals surface area contributed by atoms with E-state index in [9.17, 15) is 10.1 Å². The molecule has 1 atom stereocenters. The molecule has 0 aliphatic heterocycles. The number of nitrogens with zero attached hydrogens (tertiary/aromatic N) is 2. The van der Waals surface area contributed by atoms with Crippen LogP contribution in [0.25, 0.3) is 0 Å². The number of anilines is 1. The summed E-state index contributed by atoms with van der Waals surface area (Å²) in [5, 5.41) is 23.6. The van der Waals surface area contributed by atoms with Crippen molar-refractivity contribution in [2.24, 2.45) is 0 Å². The van der Waals surface area contributed by atoms with Gasteiger partial charge in [-0.1, -0.05) is 29.8 Å². The molecule has 0 spiro atoms. The minimum atomic E-state index is -0.483. The van der Waals surface area contributed by atoms with Gasteiger partial charge in [-0.15, -0.1) is 0 Å². The van der Waals surface area contributed by atoms with Crippen LogP contribution >= 0.6 is 11.6 Å². The first kappa shape index (κ1) is 14.8. The van der Waals surface area contributed by atoms with Crippen molar-refractivity contribution in [1.82, 2.24) is 0 Å². The van der Waals surface area contributed by atoms with E-state index in [0.717, 1.165) is 5.56 Å². The van der Waals surface area contributed by atoms with Gasteiger partial charge in [-0.2, -0.15) is 5.26 Å². The summed E-state index contributed by atoms with van der Waals surface area (Å²) in [6, 6.07) is 13.2. The molecule has 0 saturated heterocycles. The Balaban J connectivity index is 2.36. The molecule has 1 unspecified atom stereocenters. The van der Waals surface area contributed by atoms with Crippen LogP contribution in [0.2, 0.25) is 5.02 Å². The van der Waals surface area contributed by atoms with Crippen LogP contribution in [-0.2, 0) is 0 Å². The lowest BCUT2D eigenvalue weighted by Gasteiger charge is -2.17. The van der Waals surface area contributed by atoms with Crippen LogP contribution in [0, 0.1) is 21.4 Å². The largest absolute Gasteiger partial charge is 0.373 e. The first-order chi connectivity index (χ1) is 10.0. The van der Waals surface area contributed by atoms with E-state index < -0.39 is 4.92 Å². The number of benzene rings is 2. The van der Waals surface area contributed by atoms with Crippen molar-refractivity contribution in [3.05, 3.63) is 68.7 Å². The molecular weight excluding hydrogens is 290 g/mol. The Morgan fingerprint density at radius 1 is 1.33 bits per heavy atom. The number of hydrogen-bond acceptors (Lipinski definition) is 4. The molecule has 2 rings (SSSR count). The normalized spacial score (nSPS) is 11.5. The predicted octanol–water partition coefficient (Wildman–Crippen LogP) is 4.29. The second-order valence-electron chi connectivity index (χ2n) is 4.49. The van der Waals surface area contributed by atoms with Crippen LogP contribution in [0.4, 0.5) is 11.4 Å². The minimum Gasteiger partial charge on any atom is -0.373 e. The summed E-state index contributed by atoms with van der Waals surface area (Å²) in [7, 11) is 0. The molecule has 5 nitrogen and oxygen atoms in total. The van der Waals surface area contributed by atoms with Gasteiger partial charge in [0.2, 0.25) is 0 Å². The van der Waals surface area contributed by atoms with Crippen LogP contribution in [-0.4, -0.2) is 4.92 Å². The van der Waals surface area contributed by atoms with Gasteiger partial charge in [0.05, 0.1) is 22.6 Å². The van der Waals surface area contributed by atoms with E-state index in [1.165, 1.54) is 18.2 Å². The van der Waals surface area contributed by atoms with Crippen LogP contribution in [0.3, 0.4) is 0 Å². The van der Waals surface area contributed by atoms with Gasteiger partial charge in [-0.25, -0.2) is 0 Å². The predicted molar refractivity (Wildman–Crippen MR) is 81.3 cm³/mol. The molecule has 0 bridgehead atoms. The number of hydrogen-bond donors (Lipinski definition) is 1. The monoisotopic (exact) mass is 301 g/mol. The maximum absolute atomic E-state index is 11.1. The van der Waals surface area contributed by atoms with E-state index in [1.807, 2.05) is 31.2 Å². The molecule has 1 N–H and O–H groups in total. The number of nitro benzene ring substituents is 1. The Morgan fingerprint density at radius 3 is 2.67 bits per heavy atom. The third kappa shape index (κ3) is 3.30. The maximum atomic E-state index is 11.1. The quantitative estimate of drug-likeness (QED) is 0.674. The lowest BCUT2D eigenvalue weighted by Crippen LogP contribution is -2.09. The molecule has 0 aromatic heterocycles. The van der Waals surface area contributed by atoms with Crippen molar-refractivity contribution in [3.8, 4) is 6.07 Å². The summed E-state index contributed by atoms with van der Waals surface area (Å²) in [5.41, 5.74) is 1.41. The van der Waals surface area contributed by atoms with Gasteiger partial charge in [0, 0.05) is 11.1 Å². The molecule has 0 aliphatic carbocycles. The van der Waals surface area contributed by atoms with Crippen molar-refractivity contribution in [3.63, 3.8) is 0 Å². The van der Waals surface area contributed by atoms with E-state index in [4.69, 9.17) is 16.9 Å². The Bertz CT molecular complexity index is 725. The van der Waals surface area contributed by atoms with E-state index in [2.05, 4.69) is 5.32 Å². The van der Waals surface area contributed by atoms with Crippen molar-refractivity contribution in [1.29, 1.82) is 5.26 Å². The summed E-state index contributed by atoms with van der Waals surface area (Å²) in [5.74, 6) is 0. The van der Waals surface area contributed by atoms with Crippen LogP contribution in [0.15, 0.2) is 42.5 Å². The highest BCUT2D eigenvalue weighted by Gasteiger charge is 2.17. The number of halogens is 1. The SMILES string of the molecule is CC(Nc1cc(C#N)ccc1[N+](=O)[O-])c1ccccc1Cl. The summed E-state index contributed by atoms with van der Waals surface area (Å²) in [6.45, 7) is 1.85. The first-order valence-corrected chi connectivity index (χ1v) is 6.60. The fourth-order valence-electron chi connectivity index (χ4n) is 2.02. The number of nitrogens with one attached hydrogen (secondary N) is 1. The zero-order chi connectivity index (χ0) is 15.4. The molecule has 0 fully saturated rings. The Labute approximate surface area is 126 Å². The molecule has 0 amide bonds. The third-order valence-corrected chi connectivity index (χ3v) is 3.41. The average molecular weight is 302 g/mol. The topological polar surface area (TPSA) is 79.0 Å². The zero-order valence-electron chi connectivity index (χ0n) is 11.2. The highest BCUT2D eigenvalue weighted by molar-refractivity contribution is 6.31. The molecule has 6 heteroatoms. The lowest BCUT2D eigenvalue weighted by molar-refractivity contribution is -0.384. The van der Waals surface area contributed by atoms with Crippen molar-refractivity contribution in [2.45, 2.75) is 13.0 Å². The lowest BCUT2D eigenvalue weighted by atomic mass is 10.1. The summed E-state index contributed by atoms with van der Waals surface area (Å²) in [4.78, 5) is 10.6. The molecule has 2 aromatic rings. The molecule has 21 heavy (non-hydrogen) atoms. The first-order valence-electron chi connectivity index (χ1n) is 6.22. The molecular formula is C15H12ClN3O2. The standard InChI is InChI=1S/C15H12ClN3O2/c1-10(12-4-2-3-5-13(12)16)18-14-8-11(9-17)6-7-15(14)19(20)21/h2-8,10,18H,1H3. The summed E-state index contributed by atoms with van der Waals surface area (Å²) < 4.78 is 0. The van der Waals surface area contributed by atoms with Gasteiger partial charge < -0.3 is 5.32 Å². The Hall–Kier alpha value is -2.58. The summed E-state index contributed by atoms with van der Waals surface area (Å²) in [6.07, 6.45) is 0. The molecule has 0 saturated carbocycles. The fraction of sp³-hybridized carbons (Fsp3) is 0.133. The van der Waals surface area contributed by atoms with Crippen LogP contribution in [0.1, 0.15) is 24.1 Å². The minimum absolute atomic E-state index is 0.0760. The fourth-order valence-corrected chi connectivity index (χ4v) is 2.32.